The number of carboxylic acids is 1. The van der Waals surface area contributed by atoms with Crippen molar-refractivity contribution in [2.45, 2.75) is 66.0 Å². The Balaban J connectivity index is 3.27. The first-order chi connectivity index (χ1) is 13.7. The highest BCUT2D eigenvalue weighted by Gasteiger charge is 2.31. The van der Waals surface area contributed by atoms with Crippen LogP contribution in [0.2, 0.25) is 0 Å². The summed E-state index contributed by atoms with van der Waals surface area (Å²) in [7, 11) is 0. The van der Waals surface area contributed by atoms with E-state index in [1.54, 1.807) is 27.7 Å². The molecule has 2 unspecified atom stereocenters. The fourth-order valence-electron chi connectivity index (χ4n) is 2.66. The lowest BCUT2D eigenvalue weighted by Crippen LogP contribution is -2.39. The van der Waals surface area contributed by atoms with Gasteiger partial charge in [0.1, 0.15) is 6.04 Å². The quantitative estimate of drug-likeness (QED) is 0.476. The Labute approximate surface area is 175 Å². The molecule has 0 heterocycles. The van der Waals surface area contributed by atoms with Gasteiger partial charge in [0.25, 0.3) is 0 Å². The maximum absolute atomic E-state index is 12.1. The molecule has 9 nitrogen and oxygen atoms in total. The van der Waals surface area contributed by atoms with Gasteiger partial charge in [-0.25, -0.2) is 0 Å². The van der Waals surface area contributed by atoms with E-state index in [4.69, 9.17) is 19.9 Å². The molecule has 1 rings (SSSR count). The lowest BCUT2D eigenvalue weighted by molar-refractivity contribution is -0.158. The molecule has 3 atom stereocenters. The fourth-order valence-corrected chi connectivity index (χ4v) is 2.66. The molecule has 0 aromatic heterocycles. The van der Waals surface area contributed by atoms with E-state index in [2.05, 4.69) is 0 Å². The molecule has 0 radical (unpaired) electrons. The number of aliphatic carboxylic acids is 1. The van der Waals surface area contributed by atoms with Crippen molar-refractivity contribution in [3.05, 3.63) is 23.8 Å². The standard InChI is InChI=1S/C21H29NO8/c1-11(28-20(27)21(4,5)6)9-15(18(22)19(25)26)14-7-8-16(29-12(2)23)17(10-14)30-13(3)24/h7-8,10-11,15,18H,9,22H2,1-6H3,(H,25,26)/t11?,15?,18-/m0/s1. The Bertz CT molecular complexity index is 812. The Hall–Kier alpha value is -2.94. The number of carbonyl (C=O) groups excluding carboxylic acids is 3. The van der Waals surface area contributed by atoms with E-state index in [-0.39, 0.29) is 17.9 Å². The first-order valence-electron chi connectivity index (χ1n) is 9.42. The Morgan fingerprint density at radius 2 is 1.57 bits per heavy atom. The topological polar surface area (TPSA) is 142 Å². The third-order valence-corrected chi connectivity index (χ3v) is 4.13. The van der Waals surface area contributed by atoms with E-state index in [9.17, 15) is 24.3 Å². The highest BCUT2D eigenvalue weighted by Crippen LogP contribution is 2.35. The van der Waals surface area contributed by atoms with E-state index in [0.717, 1.165) is 0 Å². The molecule has 0 spiro atoms. The third-order valence-electron chi connectivity index (χ3n) is 4.13. The third kappa shape index (κ3) is 7.47. The number of esters is 3. The molecule has 0 fully saturated rings. The van der Waals surface area contributed by atoms with Crippen LogP contribution in [0.1, 0.15) is 59.4 Å². The number of rotatable bonds is 8. The summed E-state index contributed by atoms with van der Waals surface area (Å²) in [5.74, 6) is -3.74. The van der Waals surface area contributed by atoms with Crippen molar-refractivity contribution >= 4 is 23.9 Å². The second-order valence-corrected chi connectivity index (χ2v) is 8.07. The number of benzene rings is 1. The minimum atomic E-state index is -1.31. The van der Waals surface area contributed by atoms with Crippen molar-refractivity contribution in [2.24, 2.45) is 11.1 Å². The molecule has 9 heteroatoms. The highest BCUT2D eigenvalue weighted by atomic mass is 16.6. The monoisotopic (exact) mass is 423 g/mol. The maximum Gasteiger partial charge on any atom is 0.321 e. The summed E-state index contributed by atoms with van der Waals surface area (Å²) in [4.78, 5) is 46.4. The van der Waals surface area contributed by atoms with Crippen LogP contribution in [0.25, 0.3) is 0 Å². The largest absolute Gasteiger partial charge is 0.480 e. The number of ether oxygens (including phenoxy) is 3. The van der Waals surface area contributed by atoms with E-state index >= 15 is 0 Å². The molecule has 0 saturated heterocycles. The predicted molar refractivity (Wildman–Crippen MR) is 107 cm³/mol. The molecule has 1 aromatic carbocycles. The zero-order chi connectivity index (χ0) is 23.2. The summed E-state index contributed by atoms with van der Waals surface area (Å²) in [5, 5.41) is 9.44. The lowest BCUT2D eigenvalue weighted by atomic mass is 9.86. The SMILES string of the molecule is CC(=O)Oc1ccc(C(CC(C)OC(=O)C(C)(C)C)[C@H](N)C(=O)O)cc1OC(C)=O. The Morgan fingerprint density at radius 3 is 2.03 bits per heavy atom. The highest BCUT2D eigenvalue weighted by molar-refractivity contribution is 5.76. The van der Waals surface area contributed by atoms with Crippen molar-refractivity contribution < 1.29 is 38.5 Å². The number of hydrogen-bond donors (Lipinski definition) is 2. The first kappa shape index (κ1) is 25.1. The van der Waals surface area contributed by atoms with Crippen LogP contribution in [0, 0.1) is 5.41 Å². The second kappa shape index (κ2) is 10.2. The van der Waals surface area contributed by atoms with Crippen molar-refractivity contribution in [1.29, 1.82) is 0 Å². The van der Waals surface area contributed by atoms with Crippen molar-refractivity contribution in [1.82, 2.24) is 0 Å². The van der Waals surface area contributed by atoms with Gasteiger partial charge in [-0.3, -0.25) is 19.2 Å². The minimum absolute atomic E-state index is 0.0105. The van der Waals surface area contributed by atoms with Crippen LogP contribution in [-0.4, -0.2) is 41.1 Å². The zero-order valence-electron chi connectivity index (χ0n) is 18.1. The molecule has 30 heavy (non-hydrogen) atoms. The Morgan fingerprint density at radius 1 is 1.03 bits per heavy atom. The van der Waals surface area contributed by atoms with E-state index < -0.39 is 47.4 Å². The molecule has 0 bridgehead atoms. The van der Waals surface area contributed by atoms with Crippen LogP contribution in [0.5, 0.6) is 11.5 Å². The zero-order valence-corrected chi connectivity index (χ0v) is 18.1. The molecule has 0 aliphatic carbocycles. The van der Waals surface area contributed by atoms with Crippen molar-refractivity contribution in [3.63, 3.8) is 0 Å². The average Bonchev–Trinajstić information content (AvgIpc) is 2.58. The lowest BCUT2D eigenvalue weighted by Gasteiger charge is -2.27. The van der Waals surface area contributed by atoms with Gasteiger partial charge < -0.3 is 25.1 Å². The van der Waals surface area contributed by atoms with Crippen molar-refractivity contribution in [2.75, 3.05) is 0 Å². The van der Waals surface area contributed by atoms with Gasteiger partial charge >= 0.3 is 23.9 Å². The summed E-state index contributed by atoms with van der Waals surface area (Å²) in [5.41, 5.74) is 5.61. The van der Waals surface area contributed by atoms with Crippen LogP contribution in [0.4, 0.5) is 0 Å². The fraction of sp³-hybridized carbons (Fsp3) is 0.524. The molecule has 3 N–H and O–H groups in total. The molecular formula is C21H29NO8. The second-order valence-electron chi connectivity index (χ2n) is 8.07. The van der Waals surface area contributed by atoms with Crippen LogP contribution in [0.15, 0.2) is 18.2 Å². The van der Waals surface area contributed by atoms with E-state index in [1.807, 2.05) is 0 Å². The van der Waals surface area contributed by atoms with E-state index in [1.165, 1.54) is 32.0 Å². The van der Waals surface area contributed by atoms with Gasteiger partial charge in [-0.1, -0.05) is 6.07 Å². The minimum Gasteiger partial charge on any atom is -0.480 e. The number of carbonyl (C=O) groups is 4. The van der Waals surface area contributed by atoms with Gasteiger partial charge in [0, 0.05) is 19.8 Å². The predicted octanol–water partition coefficient (Wildman–Crippen LogP) is 2.40. The summed E-state index contributed by atoms with van der Waals surface area (Å²) >= 11 is 0. The summed E-state index contributed by atoms with van der Waals surface area (Å²) < 4.78 is 15.6. The average molecular weight is 423 g/mol. The van der Waals surface area contributed by atoms with Gasteiger partial charge in [0.15, 0.2) is 11.5 Å². The van der Waals surface area contributed by atoms with Gasteiger partial charge in [-0.15, -0.1) is 0 Å². The smallest absolute Gasteiger partial charge is 0.321 e. The van der Waals surface area contributed by atoms with Gasteiger partial charge in [0.05, 0.1) is 11.5 Å². The van der Waals surface area contributed by atoms with Crippen LogP contribution in [0.3, 0.4) is 0 Å². The van der Waals surface area contributed by atoms with Gasteiger partial charge in [-0.05, 0) is 51.8 Å². The molecular weight excluding hydrogens is 394 g/mol. The molecule has 0 aliphatic rings. The summed E-state index contributed by atoms with van der Waals surface area (Å²) in [6, 6.07) is 3.00. The van der Waals surface area contributed by atoms with E-state index in [0.29, 0.717) is 5.56 Å². The number of nitrogens with two attached hydrogens (primary N) is 1. The number of carboxylic acid groups (broad SMARTS) is 1. The molecule has 1 aromatic rings. The van der Waals surface area contributed by atoms with Gasteiger partial charge in [-0.2, -0.15) is 0 Å². The molecule has 166 valence electrons. The molecule has 0 aliphatic heterocycles. The normalized spacial score (nSPS) is 14.2. The van der Waals surface area contributed by atoms with Gasteiger partial charge in [0.2, 0.25) is 0 Å². The molecule has 0 saturated carbocycles. The summed E-state index contributed by atoms with van der Waals surface area (Å²) in [6.45, 7) is 9.15. The van der Waals surface area contributed by atoms with Crippen LogP contribution < -0.4 is 15.2 Å². The van der Waals surface area contributed by atoms with Crippen molar-refractivity contribution in [3.8, 4) is 11.5 Å². The first-order valence-corrected chi connectivity index (χ1v) is 9.42. The molecule has 0 amide bonds. The van der Waals surface area contributed by atoms with Crippen LogP contribution >= 0.6 is 0 Å². The number of hydrogen-bond acceptors (Lipinski definition) is 8. The Kier molecular flexibility index (Phi) is 8.53. The maximum atomic E-state index is 12.1. The van der Waals surface area contributed by atoms with Crippen LogP contribution in [-0.2, 0) is 23.9 Å². The summed E-state index contributed by atoms with van der Waals surface area (Å²) in [6.07, 6.45) is -0.515.